The second-order valence-corrected chi connectivity index (χ2v) is 17.3. The summed E-state index contributed by atoms with van der Waals surface area (Å²) in [5, 5.41) is 0. The van der Waals surface area contributed by atoms with E-state index in [0.29, 0.717) is 0 Å². The van der Waals surface area contributed by atoms with E-state index in [0.717, 1.165) is 23.7 Å². The zero-order valence-corrected chi connectivity index (χ0v) is 30.9. The molecule has 0 aromatic heterocycles. The van der Waals surface area contributed by atoms with Gasteiger partial charge in [0.1, 0.15) is 0 Å². The molecular formula is C52H41BN2. The first-order chi connectivity index (χ1) is 27.3. The molecule has 0 saturated heterocycles. The highest BCUT2D eigenvalue weighted by Crippen LogP contribution is 2.70. The van der Waals surface area contributed by atoms with Gasteiger partial charge in [0.15, 0.2) is 0 Å². The third-order valence-electron chi connectivity index (χ3n) is 14.8. The van der Waals surface area contributed by atoms with Crippen LogP contribution in [-0.2, 0) is 5.41 Å². The topological polar surface area (TPSA) is 6.48 Å². The summed E-state index contributed by atoms with van der Waals surface area (Å²) in [4.78, 5) is 5.03. The molecule has 7 aromatic carbocycles. The van der Waals surface area contributed by atoms with Crippen LogP contribution in [-0.4, -0.2) is 6.71 Å². The minimum absolute atomic E-state index is 0.107. The zero-order chi connectivity index (χ0) is 35.8. The molecule has 0 unspecified atom stereocenters. The lowest BCUT2D eigenvalue weighted by Gasteiger charge is -2.61. The number of para-hydroxylation sites is 3. The summed E-state index contributed by atoms with van der Waals surface area (Å²) in [5.74, 6) is 3.28. The minimum atomic E-state index is 0.107. The van der Waals surface area contributed by atoms with E-state index in [1.807, 2.05) is 0 Å². The Hall–Kier alpha value is -5.80. The van der Waals surface area contributed by atoms with Gasteiger partial charge in [-0.25, -0.2) is 0 Å². The van der Waals surface area contributed by atoms with Gasteiger partial charge in [-0.2, -0.15) is 0 Å². The lowest BCUT2D eigenvalue weighted by Crippen LogP contribution is -2.61. The summed E-state index contributed by atoms with van der Waals surface area (Å²) in [6.45, 7) is 0.118. The van der Waals surface area contributed by atoms with E-state index in [4.69, 9.17) is 0 Å². The van der Waals surface area contributed by atoms with Gasteiger partial charge in [-0.3, -0.25) is 0 Å². The standard InChI is InChI=1S/C52H41BN2/c1-3-13-38(14-4-1)54-46-22-10-9-21-44(46)53-45-26-25-35(32-49(45)55(39-15-5-2-6-16-39)48-24-12-23-47(54)51(48)53)40-18-11-19-42-41-17-7-8-20-43(41)52(50(40)42)36-28-33-27-34(30-36)31-37(52)29-33/h1-26,32-34,36-37H,27-31H2. The smallest absolute Gasteiger partial charge is 0.252 e. The molecule has 0 N–H and O–H groups in total. The maximum absolute atomic E-state index is 2.56. The molecule has 4 saturated carbocycles. The third kappa shape index (κ3) is 3.96. The van der Waals surface area contributed by atoms with Gasteiger partial charge >= 0.3 is 0 Å². The number of nitrogens with zero attached hydrogens (tertiary/aromatic N) is 2. The van der Waals surface area contributed by atoms with E-state index < -0.39 is 0 Å². The highest BCUT2D eigenvalue weighted by atomic mass is 15.2. The molecule has 2 nitrogen and oxygen atoms in total. The number of fused-ring (bicyclic) bond motifs is 7. The van der Waals surface area contributed by atoms with Gasteiger partial charge < -0.3 is 9.80 Å². The maximum Gasteiger partial charge on any atom is 0.252 e. The lowest BCUT2D eigenvalue weighted by atomic mass is 9.33. The Bertz CT molecular complexity index is 2670. The summed E-state index contributed by atoms with van der Waals surface area (Å²) in [7, 11) is 0. The summed E-state index contributed by atoms with van der Waals surface area (Å²) in [6, 6.07) is 62.3. The number of hydrogen-bond donors (Lipinski definition) is 0. The van der Waals surface area contributed by atoms with E-state index in [1.54, 1.807) is 11.1 Å². The van der Waals surface area contributed by atoms with Crippen LogP contribution in [0.15, 0.2) is 164 Å². The highest BCUT2D eigenvalue weighted by Gasteiger charge is 2.62. The van der Waals surface area contributed by atoms with Gasteiger partial charge in [0, 0.05) is 39.5 Å². The molecule has 262 valence electrons. The number of rotatable bonds is 3. The molecule has 1 spiro atoms. The molecule has 5 aliphatic carbocycles. The molecule has 4 fully saturated rings. The first-order valence-corrected chi connectivity index (χ1v) is 20.6. The van der Waals surface area contributed by atoms with Crippen LogP contribution in [0.2, 0.25) is 0 Å². The van der Waals surface area contributed by atoms with Gasteiger partial charge in [0.05, 0.1) is 0 Å². The van der Waals surface area contributed by atoms with Crippen LogP contribution in [0.25, 0.3) is 22.3 Å². The van der Waals surface area contributed by atoms with Crippen LogP contribution in [0.5, 0.6) is 0 Å². The molecule has 7 aliphatic rings. The van der Waals surface area contributed by atoms with Crippen LogP contribution < -0.4 is 26.2 Å². The summed E-state index contributed by atoms with van der Waals surface area (Å²) in [5.41, 5.74) is 20.7. The Balaban J connectivity index is 1.06. The second kappa shape index (κ2) is 11.1. The second-order valence-electron chi connectivity index (χ2n) is 17.3. The molecular weight excluding hydrogens is 663 g/mol. The molecule has 2 heterocycles. The van der Waals surface area contributed by atoms with Crippen molar-refractivity contribution in [2.45, 2.75) is 37.5 Å². The largest absolute Gasteiger partial charge is 0.311 e. The highest BCUT2D eigenvalue weighted by molar-refractivity contribution is 7.00. The van der Waals surface area contributed by atoms with Crippen molar-refractivity contribution in [2.75, 3.05) is 9.80 Å². The fourth-order valence-corrected chi connectivity index (χ4v) is 13.2. The van der Waals surface area contributed by atoms with Crippen molar-refractivity contribution in [2.24, 2.45) is 23.7 Å². The van der Waals surface area contributed by atoms with E-state index in [2.05, 4.69) is 174 Å². The molecule has 0 radical (unpaired) electrons. The van der Waals surface area contributed by atoms with E-state index >= 15 is 0 Å². The lowest BCUT2D eigenvalue weighted by molar-refractivity contribution is -0.0397. The fourth-order valence-electron chi connectivity index (χ4n) is 13.2. The van der Waals surface area contributed by atoms with Gasteiger partial charge in [0.2, 0.25) is 0 Å². The van der Waals surface area contributed by atoms with Crippen LogP contribution in [0.1, 0.15) is 43.2 Å². The number of anilines is 6. The summed E-state index contributed by atoms with van der Waals surface area (Å²) >= 11 is 0. The SMILES string of the molecule is c1ccc(N2c3ccccc3B3c4ccc(-c5cccc6c5C5(c7ccccc7-6)C6CC7CC(C6)CC5C7)cc4N(c4ccccc4)c4cccc2c43)cc1. The summed E-state index contributed by atoms with van der Waals surface area (Å²) < 4.78 is 0. The van der Waals surface area contributed by atoms with Gasteiger partial charge in [-0.15, -0.1) is 0 Å². The van der Waals surface area contributed by atoms with Crippen molar-refractivity contribution >= 4 is 57.2 Å². The third-order valence-corrected chi connectivity index (χ3v) is 14.8. The quantitative estimate of drug-likeness (QED) is 0.169. The van der Waals surface area contributed by atoms with Crippen LogP contribution in [0.3, 0.4) is 0 Å². The Morgan fingerprint density at radius 3 is 1.71 bits per heavy atom. The normalized spacial score (nSPS) is 24.3. The average Bonchev–Trinajstić information content (AvgIpc) is 3.54. The van der Waals surface area contributed by atoms with Crippen LogP contribution >= 0.6 is 0 Å². The molecule has 55 heavy (non-hydrogen) atoms. The first kappa shape index (κ1) is 30.5. The minimum Gasteiger partial charge on any atom is -0.311 e. The Morgan fingerprint density at radius 1 is 0.436 bits per heavy atom. The molecule has 2 aliphatic heterocycles. The molecule has 0 atom stereocenters. The predicted octanol–water partition coefficient (Wildman–Crippen LogP) is 11.2. The molecule has 3 heteroatoms. The molecule has 0 amide bonds. The van der Waals surface area contributed by atoms with E-state index in [-0.39, 0.29) is 12.1 Å². The van der Waals surface area contributed by atoms with Gasteiger partial charge in [-0.1, -0.05) is 115 Å². The maximum atomic E-state index is 2.56. The molecule has 14 rings (SSSR count). The van der Waals surface area contributed by atoms with Crippen molar-refractivity contribution < 1.29 is 0 Å². The number of benzene rings is 7. The van der Waals surface area contributed by atoms with Crippen molar-refractivity contribution in [1.82, 2.24) is 0 Å². The Kier molecular flexibility index (Phi) is 6.18. The Morgan fingerprint density at radius 2 is 0.982 bits per heavy atom. The van der Waals surface area contributed by atoms with Crippen molar-refractivity contribution in [3.63, 3.8) is 0 Å². The predicted molar refractivity (Wildman–Crippen MR) is 229 cm³/mol. The van der Waals surface area contributed by atoms with Crippen molar-refractivity contribution in [3.05, 3.63) is 175 Å². The van der Waals surface area contributed by atoms with Crippen LogP contribution in [0, 0.1) is 23.7 Å². The Labute approximate surface area is 324 Å². The zero-order valence-electron chi connectivity index (χ0n) is 30.9. The van der Waals surface area contributed by atoms with Crippen molar-refractivity contribution in [1.29, 1.82) is 0 Å². The van der Waals surface area contributed by atoms with Crippen molar-refractivity contribution in [3.8, 4) is 22.3 Å². The monoisotopic (exact) mass is 704 g/mol. The van der Waals surface area contributed by atoms with E-state index in [9.17, 15) is 0 Å². The molecule has 4 bridgehead atoms. The van der Waals surface area contributed by atoms with E-state index in [1.165, 1.54) is 105 Å². The fraction of sp³-hybridized carbons (Fsp3) is 0.192. The first-order valence-electron chi connectivity index (χ1n) is 20.6. The van der Waals surface area contributed by atoms with Gasteiger partial charge in [-0.05, 0) is 154 Å². The number of hydrogen-bond acceptors (Lipinski definition) is 2. The molecule has 7 aromatic rings. The van der Waals surface area contributed by atoms with Crippen LogP contribution in [0.4, 0.5) is 34.1 Å². The average molecular weight is 705 g/mol. The summed E-state index contributed by atoms with van der Waals surface area (Å²) in [6.07, 6.45) is 7.03. The van der Waals surface area contributed by atoms with Gasteiger partial charge in [0.25, 0.3) is 6.71 Å².